The van der Waals surface area contributed by atoms with E-state index < -0.39 is 0 Å². The van der Waals surface area contributed by atoms with Crippen LogP contribution < -0.4 is 5.32 Å². The van der Waals surface area contributed by atoms with E-state index in [1.165, 1.54) is 5.39 Å². The van der Waals surface area contributed by atoms with Gasteiger partial charge in [-0.15, -0.1) is 0 Å². The molecule has 1 unspecified atom stereocenters. The number of hydrogen-bond acceptors (Lipinski definition) is 3. The summed E-state index contributed by atoms with van der Waals surface area (Å²) in [6.07, 6.45) is 7.48. The van der Waals surface area contributed by atoms with E-state index in [0.29, 0.717) is 0 Å². The normalized spacial score (nSPS) is 12.5. The fourth-order valence-corrected chi connectivity index (χ4v) is 2.34. The zero-order chi connectivity index (χ0) is 13.2. The minimum absolute atomic E-state index is 0.152. The first-order valence-corrected chi connectivity index (χ1v) is 6.32. The summed E-state index contributed by atoms with van der Waals surface area (Å²) < 4.78 is 2.03. The third-order valence-corrected chi connectivity index (χ3v) is 3.30. The van der Waals surface area contributed by atoms with Crippen molar-refractivity contribution in [2.75, 3.05) is 5.32 Å². The largest absolute Gasteiger partial charge is 0.375 e. The van der Waals surface area contributed by atoms with E-state index >= 15 is 0 Å². The molecule has 0 saturated heterocycles. The molecule has 4 nitrogen and oxygen atoms in total. The molecule has 0 aliphatic carbocycles. The lowest BCUT2D eigenvalue weighted by molar-refractivity contribution is 0.722. The van der Waals surface area contributed by atoms with Crippen LogP contribution in [0.25, 0.3) is 10.8 Å². The fraction of sp³-hybridized carbons (Fsp3) is 0.200. The van der Waals surface area contributed by atoms with Gasteiger partial charge in [-0.2, -0.15) is 0 Å². The van der Waals surface area contributed by atoms with Gasteiger partial charge in [-0.05, 0) is 19.1 Å². The highest BCUT2D eigenvalue weighted by Gasteiger charge is 2.11. The standard InChI is InChI=1S/C15H16N4/c1-11(15-17-8-9-19(15)2)18-14-5-3-4-12-10-16-7-6-13(12)14/h3-11,18H,1-2H3. The van der Waals surface area contributed by atoms with Crippen LogP contribution in [0.4, 0.5) is 5.69 Å². The predicted molar refractivity (Wildman–Crippen MR) is 77.0 cm³/mol. The van der Waals surface area contributed by atoms with E-state index in [4.69, 9.17) is 0 Å². The van der Waals surface area contributed by atoms with Gasteiger partial charge in [-0.25, -0.2) is 4.98 Å². The number of fused-ring (bicyclic) bond motifs is 1. The molecular formula is C15H16N4. The predicted octanol–water partition coefficient (Wildman–Crippen LogP) is 3.14. The van der Waals surface area contributed by atoms with Gasteiger partial charge >= 0.3 is 0 Å². The van der Waals surface area contributed by atoms with Crippen molar-refractivity contribution in [2.24, 2.45) is 7.05 Å². The summed E-state index contributed by atoms with van der Waals surface area (Å²) in [5.41, 5.74) is 1.11. The van der Waals surface area contributed by atoms with Gasteiger partial charge in [0.2, 0.25) is 0 Å². The lowest BCUT2D eigenvalue weighted by Gasteiger charge is -2.16. The molecule has 0 saturated carbocycles. The van der Waals surface area contributed by atoms with E-state index in [1.54, 1.807) is 0 Å². The highest BCUT2D eigenvalue weighted by molar-refractivity contribution is 5.93. The number of nitrogens with zero attached hydrogens (tertiary/aromatic N) is 3. The third kappa shape index (κ3) is 2.17. The van der Waals surface area contributed by atoms with Crippen molar-refractivity contribution in [2.45, 2.75) is 13.0 Å². The first-order chi connectivity index (χ1) is 9.25. The summed E-state index contributed by atoms with van der Waals surface area (Å²) in [6, 6.07) is 8.37. The average Bonchev–Trinajstić information content (AvgIpc) is 2.85. The molecule has 96 valence electrons. The molecule has 0 aliphatic rings. The Hall–Kier alpha value is -2.36. The Morgan fingerprint density at radius 1 is 1.21 bits per heavy atom. The second-order valence-corrected chi connectivity index (χ2v) is 4.66. The molecule has 1 atom stereocenters. The van der Waals surface area contributed by atoms with Crippen LogP contribution in [-0.4, -0.2) is 14.5 Å². The van der Waals surface area contributed by atoms with Gasteiger partial charge in [-0.1, -0.05) is 12.1 Å². The monoisotopic (exact) mass is 252 g/mol. The second-order valence-electron chi connectivity index (χ2n) is 4.66. The first kappa shape index (κ1) is 11.7. The zero-order valence-corrected chi connectivity index (χ0v) is 11.0. The van der Waals surface area contributed by atoms with E-state index in [2.05, 4.69) is 34.3 Å². The summed E-state index contributed by atoms with van der Waals surface area (Å²) in [5.74, 6) is 1.02. The minimum Gasteiger partial charge on any atom is -0.375 e. The second kappa shape index (κ2) is 4.72. The van der Waals surface area contributed by atoms with Crippen LogP contribution in [0, 0.1) is 0 Å². The van der Waals surface area contributed by atoms with Gasteiger partial charge in [0, 0.05) is 48.3 Å². The molecule has 0 aliphatic heterocycles. The Morgan fingerprint density at radius 3 is 2.89 bits per heavy atom. The summed E-state index contributed by atoms with van der Waals surface area (Å²) >= 11 is 0. The van der Waals surface area contributed by atoms with Crippen LogP contribution in [0.3, 0.4) is 0 Å². The van der Waals surface area contributed by atoms with Gasteiger partial charge in [0.05, 0.1) is 6.04 Å². The smallest absolute Gasteiger partial charge is 0.130 e. The van der Waals surface area contributed by atoms with Crippen molar-refractivity contribution in [3.8, 4) is 0 Å². The summed E-state index contributed by atoms with van der Waals surface area (Å²) in [4.78, 5) is 8.53. The number of benzene rings is 1. The lowest BCUT2D eigenvalue weighted by atomic mass is 10.1. The molecular weight excluding hydrogens is 236 g/mol. The summed E-state index contributed by atoms with van der Waals surface area (Å²) in [5, 5.41) is 5.83. The molecule has 0 spiro atoms. The van der Waals surface area contributed by atoms with Crippen LogP contribution in [-0.2, 0) is 7.05 Å². The van der Waals surface area contributed by atoms with Crippen LogP contribution in [0.1, 0.15) is 18.8 Å². The Labute approximate surface area is 112 Å². The van der Waals surface area contributed by atoms with Crippen LogP contribution in [0.15, 0.2) is 49.1 Å². The van der Waals surface area contributed by atoms with E-state index in [0.717, 1.165) is 16.9 Å². The number of pyridine rings is 1. The van der Waals surface area contributed by atoms with Crippen molar-refractivity contribution in [3.63, 3.8) is 0 Å². The number of imidazole rings is 1. The Morgan fingerprint density at radius 2 is 2.11 bits per heavy atom. The van der Waals surface area contributed by atoms with E-state index in [-0.39, 0.29) is 6.04 Å². The molecule has 3 rings (SSSR count). The zero-order valence-electron chi connectivity index (χ0n) is 11.0. The molecule has 2 aromatic heterocycles. The third-order valence-electron chi connectivity index (χ3n) is 3.30. The molecule has 0 fully saturated rings. The molecule has 0 amide bonds. The molecule has 4 heteroatoms. The van der Waals surface area contributed by atoms with Crippen molar-refractivity contribution in [1.29, 1.82) is 0 Å². The average molecular weight is 252 g/mol. The molecule has 0 bridgehead atoms. The quantitative estimate of drug-likeness (QED) is 0.778. The minimum atomic E-state index is 0.152. The molecule has 0 radical (unpaired) electrons. The summed E-state index contributed by atoms with van der Waals surface area (Å²) in [6.45, 7) is 2.11. The maximum atomic E-state index is 4.38. The number of rotatable bonds is 3. The van der Waals surface area contributed by atoms with Crippen molar-refractivity contribution >= 4 is 16.5 Å². The number of aromatic nitrogens is 3. The topological polar surface area (TPSA) is 42.7 Å². The van der Waals surface area contributed by atoms with Gasteiger partial charge < -0.3 is 9.88 Å². The van der Waals surface area contributed by atoms with Crippen molar-refractivity contribution < 1.29 is 0 Å². The van der Waals surface area contributed by atoms with Gasteiger partial charge in [-0.3, -0.25) is 4.98 Å². The fourth-order valence-electron chi connectivity index (χ4n) is 2.34. The number of aryl methyl sites for hydroxylation is 1. The van der Waals surface area contributed by atoms with Crippen LogP contribution >= 0.6 is 0 Å². The highest BCUT2D eigenvalue weighted by Crippen LogP contribution is 2.25. The van der Waals surface area contributed by atoms with Gasteiger partial charge in [0.25, 0.3) is 0 Å². The van der Waals surface area contributed by atoms with E-state index in [9.17, 15) is 0 Å². The Bertz CT molecular complexity index is 697. The van der Waals surface area contributed by atoms with E-state index in [1.807, 2.05) is 48.5 Å². The van der Waals surface area contributed by atoms with Crippen molar-refractivity contribution in [1.82, 2.24) is 14.5 Å². The molecule has 1 N–H and O–H groups in total. The first-order valence-electron chi connectivity index (χ1n) is 6.32. The summed E-state index contributed by atoms with van der Waals surface area (Å²) in [7, 11) is 2.01. The van der Waals surface area contributed by atoms with Crippen LogP contribution in [0.5, 0.6) is 0 Å². The van der Waals surface area contributed by atoms with Crippen molar-refractivity contribution in [3.05, 3.63) is 54.9 Å². The lowest BCUT2D eigenvalue weighted by Crippen LogP contribution is -2.12. The molecule has 3 aromatic rings. The SMILES string of the molecule is CC(Nc1cccc2cnccc12)c1nccn1C. The Kier molecular flexibility index (Phi) is 2.91. The molecule has 1 aromatic carbocycles. The number of hydrogen-bond donors (Lipinski definition) is 1. The Balaban J connectivity index is 1.96. The molecule has 19 heavy (non-hydrogen) atoms. The molecule has 2 heterocycles. The number of anilines is 1. The highest BCUT2D eigenvalue weighted by atomic mass is 15.1. The maximum Gasteiger partial charge on any atom is 0.130 e. The van der Waals surface area contributed by atoms with Gasteiger partial charge in [0.15, 0.2) is 0 Å². The van der Waals surface area contributed by atoms with Crippen LogP contribution in [0.2, 0.25) is 0 Å². The van der Waals surface area contributed by atoms with Gasteiger partial charge in [0.1, 0.15) is 5.82 Å². The maximum absolute atomic E-state index is 4.38. The number of nitrogens with one attached hydrogen (secondary N) is 1.